The molecule has 0 unspecified atom stereocenters. The Labute approximate surface area is 110 Å². The SMILES string of the molecule is O=S1CCN(Cc2ccc(CNC3CC3)o2)CC1. The summed E-state index contributed by atoms with van der Waals surface area (Å²) in [6.45, 7) is 3.53. The fraction of sp³-hybridized carbons (Fsp3) is 0.692. The molecule has 1 aromatic rings. The molecule has 1 N–H and O–H groups in total. The summed E-state index contributed by atoms with van der Waals surface area (Å²) in [5.74, 6) is 3.65. The van der Waals surface area contributed by atoms with E-state index in [1.165, 1.54) is 12.8 Å². The van der Waals surface area contributed by atoms with Crippen LogP contribution in [0.5, 0.6) is 0 Å². The highest BCUT2D eigenvalue weighted by Gasteiger charge is 2.21. The van der Waals surface area contributed by atoms with Gasteiger partial charge in [0.15, 0.2) is 0 Å². The van der Waals surface area contributed by atoms with Gasteiger partial charge < -0.3 is 9.73 Å². The highest BCUT2D eigenvalue weighted by Crippen LogP contribution is 2.20. The van der Waals surface area contributed by atoms with E-state index < -0.39 is 10.8 Å². The van der Waals surface area contributed by atoms with Crippen LogP contribution in [0.2, 0.25) is 0 Å². The second-order valence-electron chi connectivity index (χ2n) is 5.15. The molecule has 5 heteroatoms. The summed E-state index contributed by atoms with van der Waals surface area (Å²) in [6, 6.07) is 4.85. The van der Waals surface area contributed by atoms with Crippen molar-refractivity contribution in [1.29, 1.82) is 0 Å². The third-order valence-corrected chi connectivity index (χ3v) is 4.79. The highest BCUT2D eigenvalue weighted by molar-refractivity contribution is 7.85. The second-order valence-corrected chi connectivity index (χ2v) is 6.84. The van der Waals surface area contributed by atoms with Crippen molar-refractivity contribution in [2.24, 2.45) is 0 Å². The Bertz CT molecular complexity index is 418. The molecular formula is C13H20N2O2S. The number of furan rings is 1. The van der Waals surface area contributed by atoms with E-state index in [1.807, 2.05) is 0 Å². The van der Waals surface area contributed by atoms with E-state index in [4.69, 9.17) is 4.42 Å². The number of rotatable bonds is 5. The summed E-state index contributed by atoms with van der Waals surface area (Å²) in [6.07, 6.45) is 2.61. The van der Waals surface area contributed by atoms with Gasteiger partial charge in [0.05, 0.1) is 13.1 Å². The van der Waals surface area contributed by atoms with Gasteiger partial charge in [-0.15, -0.1) is 0 Å². The maximum atomic E-state index is 11.3. The fourth-order valence-corrected chi connectivity index (χ4v) is 3.32. The van der Waals surface area contributed by atoms with Gasteiger partial charge in [-0.3, -0.25) is 9.11 Å². The highest BCUT2D eigenvalue weighted by atomic mass is 32.2. The summed E-state index contributed by atoms with van der Waals surface area (Å²) < 4.78 is 17.1. The van der Waals surface area contributed by atoms with Gasteiger partial charge in [0.1, 0.15) is 11.5 Å². The van der Waals surface area contributed by atoms with Gasteiger partial charge in [-0.05, 0) is 25.0 Å². The molecule has 0 atom stereocenters. The number of hydrogen-bond acceptors (Lipinski definition) is 4. The topological polar surface area (TPSA) is 45.5 Å². The van der Waals surface area contributed by atoms with Gasteiger partial charge in [0.25, 0.3) is 0 Å². The van der Waals surface area contributed by atoms with Crippen LogP contribution in [0.4, 0.5) is 0 Å². The molecule has 0 bridgehead atoms. The molecule has 4 nitrogen and oxygen atoms in total. The summed E-state index contributed by atoms with van der Waals surface area (Å²) in [4.78, 5) is 2.32. The first-order valence-corrected chi connectivity index (χ1v) is 8.17. The monoisotopic (exact) mass is 268 g/mol. The number of nitrogens with one attached hydrogen (secondary N) is 1. The van der Waals surface area contributed by atoms with Gasteiger partial charge in [-0.25, -0.2) is 0 Å². The Morgan fingerprint density at radius 2 is 2.00 bits per heavy atom. The van der Waals surface area contributed by atoms with Crippen LogP contribution in [-0.4, -0.2) is 39.7 Å². The first-order valence-electron chi connectivity index (χ1n) is 6.68. The van der Waals surface area contributed by atoms with Crippen LogP contribution in [0.3, 0.4) is 0 Å². The minimum atomic E-state index is -0.597. The van der Waals surface area contributed by atoms with E-state index in [2.05, 4.69) is 22.3 Å². The van der Waals surface area contributed by atoms with Gasteiger partial charge >= 0.3 is 0 Å². The average Bonchev–Trinajstić information content (AvgIpc) is 3.10. The van der Waals surface area contributed by atoms with Gasteiger partial charge in [0.2, 0.25) is 0 Å². The molecule has 2 aliphatic rings. The zero-order chi connectivity index (χ0) is 12.4. The first-order chi connectivity index (χ1) is 8.79. The van der Waals surface area contributed by atoms with E-state index in [-0.39, 0.29) is 0 Å². The van der Waals surface area contributed by atoms with Crippen molar-refractivity contribution in [3.8, 4) is 0 Å². The van der Waals surface area contributed by atoms with Crippen LogP contribution in [0.15, 0.2) is 16.5 Å². The standard InChI is InChI=1S/C13H20N2O2S/c16-18-7-5-15(6-8-18)10-13-4-3-12(17-13)9-14-11-1-2-11/h3-4,11,14H,1-2,5-10H2. The maximum absolute atomic E-state index is 11.3. The summed E-state index contributed by atoms with van der Waals surface area (Å²) in [5, 5.41) is 3.45. The Morgan fingerprint density at radius 3 is 2.72 bits per heavy atom. The van der Waals surface area contributed by atoms with Crippen molar-refractivity contribution in [3.63, 3.8) is 0 Å². The molecule has 1 aliphatic carbocycles. The molecule has 1 saturated heterocycles. The van der Waals surface area contributed by atoms with Gasteiger partial charge in [-0.1, -0.05) is 0 Å². The molecule has 0 spiro atoms. The summed E-state index contributed by atoms with van der Waals surface area (Å²) in [7, 11) is -0.597. The van der Waals surface area contributed by atoms with Crippen molar-refractivity contribution >= 4 is 10.8 Å². The molecule has 18 heavy (non-hydrogen) atoms. The molecule has 1 aromatic heterocycles. The van der Waals surface area contributed by atoms with Crippen molar-refractivity contribution in [2.45, 2.75) is 32.0 Å². The number of nitrogens with zero attached hydrogens (tertiary/aromatic N) is 1. The Kier molecular flexibility index (Phi) is 3.82. The molecule has 0 aromatic carbocycles. The maximum Gasteiger partial charge on any atom is 0.118 e. The molecule has 0 amide bonds. The van der Waals surface area contributed by atoms with Crippen LogP contribution >= 0.6 is 0 Å². The Balaban J connectivity index is 1.48. The second kappa shape index (κ2) is 5.55. The minimum Gasteiger partial charge on any atom is -0.463 e. The smallest absolute Gasteiger partial charge is 0.118 e. The number of hydrogen-bond donors (Lipinski definition) is 1. The van der Waals surface area contributed by atoms with Gasteiger partial charge in [-0.2, -0.15) is 0 Å². The molecule has 1 aliphatic heterocycles. The first kappa shape index (κ1) is 12.4. The largest absolute Gasteiger partial charge is 0.463 e. The van der Waals surface area contributed by atoms with Crippen molar-refractivity contribution in [1.82, 2.24) is 10.2 Å². The molecular weight excluding hydrogens is 248 g/mol. The lowest BCUT2D eigenvalue weighted by atomic mass is 10.3. The van der Waals surface area contributed by atoms with Gasteiger partial charge in [0, 0.05) is 41.4 Å². The average molecular weight is 268 g/mol. The normalized spacial score (nSPS) is 22.4. The van der Waals surface area contributed by atoms with Crippen LogP contribution < -0.4 is 5.32 Å². The third kappa shape index (κ3) is 3.43. The molecule has 3 rings (SSSR count). The van der Waals surface area contributed by atoms with E-state index in [9.17, 15) is 4.21 Å². The lowest BCUT2D eigenvalue weighted by Gasteiger charge is -2.24. The van der Waals surface area contributed by atoms with Crippen molar-refractivity contribution in [3.05, 3.63) is 23.7 Å². The molecule has 100 valence electrons. The van der Waals surface area contributed by atoms with E-state index in [0.29, 0.717) is 0 Å². The minimum absolute atomic E-state index is 0.597. The summed E-state index contributed by atoms with van der Waals surface area (Å²) >= 11 is 0. The molecule has 2 fully saturated rings. The zero-order valence-electron chi connectivity index (χ0n) is 10.6. The van der Waals surface area contributed by atoms with Crippen LogP contribution in [0.1, 0.15) is 24.4 Å². The van der Waals surface area contributed by atoms with Crippen LogP contribution in [0, 0.1) is 0 Å². The van der Waals surface area contributed by atoms with E-state index in [0.717, 1.165) is 55.2 Å². The Hall–Kier alpha value is -0.650. The summed E-state index contributed by atoms with van der Waals surface area (Å²) in [5.41, 5.74) is 0. The van der Waals surface area contributed by atoms with Crippen LogP contribution in [-0.2, 0) is 23.9 Å². The fourth-order valence-electron chi connectivity index (χ4n) is 2.19. The molecule has 1 saturated carbocycles. The predicted octanol–water partition coefficient (Wildman–Crippen LogP) is 1.10. The molecule has 0 radical (unpaired) electrons. The van der Waals surface area contributed by atoms with E-state index in [1.54, 1.807) is 0 Å². The quantitative estimate of drug-likeness (QED) is 0.868. The lowest BCUT2D eigenvalue weighted by Crippen LogP contribution is -2.37. The van der Waals surface area contributed by atoms with Crippen LogP contribution in [0.25, 0.3) is 0 Å². The lowest BCUT2D eigenvalue weighted by molar-refractivity contribution is 0.261. The zero-order valence-corrected chi connectivity index (χ0v) is 11.4. The molecule has 2 heterocycles. The van der Waals surface area contributed by atoms with Crippen molar-refractivity contribution in [2.75, 3.05) is 24.6 Å². The van der Waals surface area contributed by atoms with Crippen molar-refractivity contribution < 1.29 is 8.63 Å². The van der Waals surface area contributed by atoms with E-state index >= 15 is 0 Å². The third-order valence-electron chi connectivity index (χ3n) is 3.51. The predicted molar refractivity (Wildman–Crippen MR) is 71.7 cm³/mol. The Morgan fingerprint density at radius 1 is 1.28 bits per heavy atom.